The number of allylic oxidation sites excluding steroid dienone is 1. The van der Waals surface area contributed by atoms with Gasteiger partial charge in [-0.25, -0.2) is 18.5 Å². The number of benzene rings is 2. The van der Waals surface area contributed by atoms with Crippen molar-refractivity contribution in [1.82, 2.24) is 10.2 Å². The smallest absolute Gasteiger partial charge is 0.307 e. The fraction of sp³-hybridized carbons (Fsp3) is 0.105. The molecule has 0 aliphatic carbocycles. The third kappa shape index (κ3) is 6.42. The van der Waals surface area contributed by atoms with Gasteiger partial charge in [-0.05, 0) is 48.5 Å². The van der Waals surface area contributed by atoms with E-state index in [0.717, 1.165) is 23.1 Å². The van der Waals surface area contributed by atoms with E-state index in [1.807, 2.05) is 0 Å². The van der Waals surface area contributed by atoms with E-state index in [-0.39, 0.29) is 10.9 Å². The van der Waals surface area contributed by atoms with Crippen LogP contribution in [0.2, 0.25) is 5.02 Å². The fourth-order valence-corrected chi connectivity index (χ4v) is 4.28. The maximum Gasteiger partial charge on any atom is 0.332 e. The number of amides is 2. The van der Waals surface area contributed by atoms with Gasteiger partial charge >= 0.3 is 12.1 Å². The first-order chi connectivity index (χ1) is 14.8. The van der Waals surface area contributed by atoms with E-state index < -0.39 is 30.2 Å². The molecular formula is C19H13ClF4N4OS2. The summed E-state index contributed by atoms with van der Waals surface area (Å²) in [5.74, 6) is -1.94. The first-order valence-corrected chi connectivity index (χ1v) is 10.8. The van der Waals surface area contributed by atoms with Crippen LogP contribution in [-0.4, -0.2) is 22.0 Å². The predicted molar refractivity (Wildman–Crippen MR) is 115 cm³/mol. The lowest BCUT2D eigenvalue weighted by molar-refractivity contribution is 0.259. The maximum absolute atomic E-state index is 13.4. The highest BCUT2D eigenvalue weighted by Gasteiger charge is 2.23. The number of urea groups is 1. The standard InChI is InChI=1S/C19H13ClF4N4OS2/c20-11-1-5-13(6-2-11)25-17(29)28(14-7-3-12(21)4-8-14)18-26-27-19(31-18)30-10-9-15(22)16(23)24/h1-8H,9-10H2,(H,25,29). The average molecular weight is 489 g/mol. The van der Waals surface area contributed by atoms with Gasteiger partial charge in [0.25, 0.3) is 0 Å². The van der Waals surface area contributed by atoms with Crippen LogP contribution in [0.5, 0.6) is 0 Å². The van der Waals surface area contributed by atoms with Crippen molar-refractivity contribution in [1.29, 1.82) is 0 Å². The Morgan fingerprint density at radius 3 is 2.39 bits per heavy atom. The lowest BCUT2D eigenvalue weighted by Gasteiger charge is -2.20. The van der Waals surface area contributed by atoms with Gasteiger partial charge in [-0.15, -0.1) is 10.2 Å². The van der Waals surface area contributed by atoms with Crippen LogP contribution >= 0.6 is 34.7 Å². The zero-order valence-electron chi connectivity index (χ0n) is 15.5. The summed E-state index contributed by atoms with van der Waals surface area (Å²) in [5.41, 5.74) is 0.796. The van der Waals surface area contributed by atoms with E-state index in [0.29, 0.717) is 20.7 Å². The van der Waals surface area contributed by atoms with Gasteiger partial charge in [0.1, 0.15) is 5.82 Å². The molecule has 1 heterocycles. The number of nitrogens with zero attached hydrogens (tertiary/aromatic N) is 3. The number of thioether (sulfide) groups is 1. The summed E-state index contributed by atoms with van der Waals surface area (Å²) in [7, 11) is 0. The zero-order valence-corrected chi connectivity index (χ0v) is 17.9. The third-order valence-electron chi connectivity index (χ3n) is 3.72. The van der Waals surface area contributed by atoms with Crippen molar-refractivity contribution in [3.05, 3.63) is 71.3 Å². The Labute approximate surface area is 187 Å². The molecule has 2 aromatic carbocycles. The topological polar surface area (TPSA) is 58.1 Å². The monoisotopic (exact) mass is 488 g/mol. The number of nitrogens with one attached hydrogen (secondary N) is 1. The van der Waals surface area contributed by atoms with E-state index >= 15 is 0 Å². The molecule has 1 aromatic heterocycles. The van der Waals surface area contributed by atoms with Crippen molar-refractivity contribution in [2.75, 3.05) is 16.0 Å². The van der Waals surface area contributed by atoms with Crippen molar-refractivity contribution in [2.24, 2.45) is 0 Å². The van der Waals surface area contributed by atoms with Crippen molar-refractivity contribution in [3.8, 4) is 0 Å². The molecule has 3 rings (SSSR count). The minimum Gasteiger partial charge on any atom is -0.307 e. The second-order valence-corrected chi connectivity index (χ2v) is 8.60. The molecule has 3 aromatic rings. The second kappa shape index (κ2) is 10.6. The molecule has 5 nitrogen and oxygen atoms in total. The Bertz CT molecular complexity index is 1070. The van der Waals surface area contributed by atoms with E-state index in [1.165, 1.54) is 29.2 Å². The molecule has 0 aliphatic rings. The van der Waals surface area contributed by atoms with Gasteiger partial charge in [-0.2, -0.15) is 8.78 Å². The van der Waals surface area contributed by atoms with Gasteiger partial charge in [-0.3, -0.25) is 0 Å². The Hall–Kier alpha value is -2.63. The molecule has 0 radical (unpaired) electrons. The highest BCUT2D eigenvalue weighted by molar-refractivity contribution is 8.01. The second-order valence-electron chi connectivity index (χ2n) is 5.86. The Morgan fingerprint density at radius 1 is 1.06 bits per heavy atom. The van der Waals surface area contributed by atoms with Crippen LogP contribution in [0.1, 0.15) is 6.42 Å². The van der Waals surface area contributed by atoms with Gasteiger partial charge in [-0.1, -0.05) is 34.7 Å². The average Bonchev–Trinajstić information content (AvgIpc) is 3.19. The van der Waals surface area contributed by atoms with Gasteiger partial charge in [0.2, 0.25) is 5.13 Å². The van der Waals surface area contributed by atoms with E-state index in [1.54, 1.807) is 24.3 Å². The normalized spacial score (nSPS) is 10.6. The molecule has 0 atom stereocenters. The summed E-state index contributed by atoms with van der Waals surface area (Å²) >= 11 is 7.88. The number of hydrogen-bond acceptors (Lipinski definition) is 5. The summed E-state index contributed by atoms with van der Waals surface area (Å²) in [5, 5.41) is 11.2. The number of rotatable bonds is 7. The Morgan fingerprint density at radius 2 is 1.74 bits per heavy atom. The molecule has 31 heavy (non-hydrogen) atoms. The highest BCUT2D eigenvalue weighted by Crippen LogP contribution is 2.34. The molecule has 0 fully saturated rings. The zero-order chi connectivity index (χ0) is 22.4. The molecule has 0 spiro atoms. The van der Waals surface area contributed by atoms with Crippen molar-refractivity contribution in [3.63, 3.8) is 0 Å². The lowest BCUT2D eigenvalue weighted by atomic mass is 10.3. The largest absolute Gasteiger partial charge is 0.332 e. The first kappa shape index (κ1) is 23.0. The molecule has 0 saturated heterocycles. The summed E-state index contributed by atoms with van der Waals surface area (Å²) < 4.78 is 51.0. The molecule has 0 saturated carbocycles. The van der Waals surface area contributed by atoms with Gasteiger partial charge in [0.15, 0.2) is 10.2 Å². The molecule has 0 unspecified atom stereocenters. The van der Waals surface area contributed by atoms with Crippen LogP contribution in [0.4, 0.5) is 38.9 Å². The number of aromatic nitrogens is 2. The van der Waals surface area contributed by atoms with Crippen LogP contribution in [0.3, 0.4) is 0 Å². The molecule has 162 valence electrons. The predicted octanol–water partition coefficient (Wildman–Crippen LogP) is 7.26. The SMILES string of the molecule is O=C(Nc1ccc(Cl)cc1)N(c1ccc(F)cc1)c1nnc(SCCC(F)=C(F)F)s1. The summed E-state index contributed by atoms with van der Waals surface area (Å²) in [6.45, 7) is 0. The van der Waals surface area contributed by atoms with E-state index in [9.17, 15) is 22.4 Å². The van der Waals surface area contributed by atoms with Gasteiger partial charge in [0, 0.05) is 22.9 Å². The summed E-state index contributed by atoms with van der Waals surface area (Å²) in [4.78, 5) is 14.1. The number of halogens is 5. The highest BCUT2D eigenvalue weighted by atomic mass is 35.5. The molecule has 0 bridgehead atoms. The van der Waals surface area contributed by atoms with Crippen molar-refractivity contribution < 1.29 is 22.4 Å². The van der Waals surface area contributed by atoms with Crippen LogP contribution in [0.25, 0.3) is 0 Å². The van der Waals surface area contributed by atoms with Crippen LogP contribution in [0.15, 0.2) is 64.8 Å². The van der Waals surface area contributed by atoms with E-state index in [4.69, 9.17) is 11.6 Å². The molecule has 0 aliphatic heterocycles. The van der Waals surface area contributed by atoms with Crippen LogP contribution in [-0.2, 0) is 0 Å². The quantitative estimate of drug-likeness (QED) is 0.216. The molecule has 2 amide bonds. The first-order valence-electron chi connectivity index (χ1n) is 8.61. The van der Waals surface area contributed by atoms with Crippen LogP contribution < -0.4 is 10.2 Å². The number of hydrogen-bond donors (Lipinski definition) is 1. The lowest BCUT2D eigenvalue weighted by Crippen LogP contribution is -2.30. The number of carbonyl (C=O) groups is 1. The van der Waals surface area contributed by atoms with Gasteiger partial charge < -0.3 is 5.32 Å². The Balaban J connectivity index is 1.80. The molecular weight excluding hydrogens is 476 g/mol. The summed E-state index contributed by atoms with van der Waals surface area (Å²) in [6, 6.07) is 11.0. The molecule has 12 heteroatoms. The molecule has 1 N–H and O–H groups in total. The maximum atomic E-state index is 13.4. The minimum absolute atomic E-state index is 0.0192. The number of anilines is 3. The van der Waals surface area contributed by atoms with Crippen molar-refractivity contribution >= 4 is 57.2 Å². The third-order valence-corrected chi connectivity index (χ3v) is 6.02. The van der Waals surface area contributed by atoms with Crippen molar-refractivity contribution in [2.45, 2.75) is 10.8 Å². The number of carbonyl (C=O) groups excluding carboxylic acids is 1. The minimum atomic E-state index is -2.35. The van der Waals surface area contributed by atoms with E-state index in [2.05, 4.69) is 15.5 Å². The van der Waals surface area contributed by atoms with Gasteiger partial charge in [0.05, 0.1) is 5.69 Å². The Kier molecular flexibility index (Phi) is 7.88. The van der Waals surface area contributed by atoms with Crippen LogP contribution in [0, 0.1) is 5.82 Å². The fourth-order valence-electron chi connectivity index (χ4n) is 2.29. The summed E-state index contributed by atoms with van der Waals surface area (Å²) in [6.07, 6.45) is -2.81.